The summed E-state index contributed by atoms with van der Waals surface area (Å²) in [4.78, 5) is 9.61. The van der Waals surface area contributed by atoms with Gasteiger partial charge >= 0.3 is 18.0 Å². The highest BCUT2D eigenvalue weighted by atomic mass is 19.4. The molecule has 0 fully saturated rings. The van der Waals surface area contributed by atoms with E-state index in [1.807, 2.05) is 0 Å². The fraction of sp³-hybridized carbons (Fsp3) is 0.143. The quantitative estimate of drug-likeness (QED) is 0.355. The Kier molecular flexibility index (Phi) is 4.28. The lowest BCUT2D eigenvalue weighted by molar-refractivity contribution is -0.387. The van der Waals surface area contributed by atoms with Gasteiger partial charge in [-0.3, -0.25) is 10.1 Å². The molecule has 2 aromatic carbocycles. The summed E-state index contributed by atoms with van der Waals surface area (Å²) in [6.07, 6.45) is -10.3. The molecule has 2 rings (SSSR count). The van der Waals surface area contributed by atoms with Gasteiger partial charge in [0.05, 0.1) is 10.5 Å². The van der Waals surface area contributed by atoms with Crippen molar-refractivity contribution in [1.82, 2.24) is 0 Å². The van der Waals surface area contributed by atoms with Crippen molar-refractivity contribution in [2.45, 2.75) is 12.4 Å². The molecule has 0 saturated carbocycles. The van der Waals surface area contributed by atoms with Crippen LogP contribution in [0.5, 0.6) is 0 Å². The minimum absolute atomic E-state index is 0.324. The number of benzene rings is 2. The fourth-order valence-corrected chi connectivity index (χ4v) is 2.35. The zero-order chi connectivity index (χ0) is 19.2. The van der Waals surface area contributed by atoms with Gasteiger partial charge in [-0.05, 0) is 23.8 Å². The molecule has 11 heteroatoms. The minimum Gasteiger partial charge on any atom is -0.399 e. The Morgan fingerprint density at radius 3 is 1.92 bits per heavy atom. The summed E-state index contributed by atoms with van der Waals surface area (Å²) >= 11 is 0. The first kappa shape index (κ1) is 18.4. The number of halogens is 6. The van der Waals surface area contributed by atoms with Crippen molar-refractivity contribution < 1.29 is 31.3 Å². The highest BCUT2D eigenvalue weighted by Gasteiger charge is 2.44. The Labute approximate surface area is 136 Å². The van der Waals surface area contributed by atoms with Crippen LogP contribution in [0.2, 0.25) is 0 Å². The maximum atomic E-state index is 13.4. The molecule has 0 radical (unpaired) electrons. The van der Waals surface area contributed by atoms with Crippen LogP contribution >= 0.6 is 0 Å². The summed E-state index contributed by atoms with van der Waals surface area (Å²) in [6.45, 7) is 0. The first-order valence-electron chi connectivity index (χ1n) is 6.45. The summed E-state index contributed by atoms with van der Waals surface area (Å²) in [7, 11) is 0. The lowest BCUT2D eigenvalue weighted by Gasteiger charge is -2.18. The van der Waals surface area contributed by atoms with E-state index in [-0.39, 0.29) is 5.69 Å². The molecule has 25 heavy (non-hydrogen) atoms. The molecular weight excluding hydrogens is 356 g/mol. The van der Waals surface area contributed by atoms with Crippen LogP contribution in [0.15, 0.2) is 30.3 Å². The van der Waals surface area contributed by atoms with Gasteiger partial charge in [0, 0.05) is 11.3 Å². The Balaban J connectivity index is 2.96. The third kappa shape index (κ3) is 3.44. The average molecular weight is 365 g/mol. The number of hydrogen-bond acceptors (Lipinski definition) is 4. The molecular formula is C14H9F6N3O2. The van der Waals surface area contributed by atoms with Gasteiger partial charge in [0.25, 0.3) is 0 Å². The molecule has 0 bridgehead atoms. The van der Waals surface area contributed by atoms with Gasteiger partial charge in [-0.25, -0.2) is 0 Å². The molecule has 0 amide bonds. The zero-order valence-corrected chi connectivity index (χ0v) is 12.1. The molecule has 0 atom stereocenters. The van der Waals surface area contributed by atoms with Gasteiger partial charge in [-0.2, -0.15) is 26.3 Å². The van der Waals surface area contributed by atoms with E-state index in [4.69, 9.17) is 11.5 Å². The molecule has 0 aromatic heterocycles. The van der Waals surface area contributed by atoms with Gasteiger partial charge < -0.3 is 11.5 Å². The Bertz CT molecular complexity index is 846. The second-order valence-electron chi connectivity index (χ2n) is 4.98. The number of nitrogens with two attached hydrogens (primary N) is 2. The predicted molar refractivity (Wildman–Crippen MR) is 77.4 cm³/mol. The van der Waals surface area contributed by atoms with Crippen molar-refractivity contribution >= 4 is 17.1 Å². The number of nitro groups is 1. The van der Waals surface area contributed by atoms with E-state index in [9.17, 15) is 36.5 Å². The van der Waals surface area contributed by atoms with Crippen LogP contribution in [-0.4, -0.2) is 4.92 Å². The third-order valence-electron chi connectivity index (χ3n) is 3.31. The molecule has 134 valence electrons. The highest BCUT2D eigenvalue weighted by molar-refractivity contribution is 5.81. The van der Waals surface area contributed by atoms with E-state index in [0.29, 0.717) is 12.1 Å². The standard InChI is InChI=1S/C14H9F6N3O2/c15-13(16,17)9-5-6(21)1-2-7(9)8-3-4-10(22)12(23(24)25)11(8)14(18,19)20/h1-5H,21-22H2. The molecule has 2 aromatic rings. The smallest absolute Gasteiger partial charge is 0.399 e. The normalized spacial score (nSPS) is 12.2. The van der Waals surface area contributed by atoms with Crippen molar-refractivity contribution in [3.8, 4) is 11.1 Å². The van der Waals surface area contributed by atoms with Gasteiger partial charge in [0.2, 0.25) is 0 Å². The Morgan fingerprint density at radius 1 is 0.880 bits per heavy atom. The Hall–Kier alpha value is -2.98. The predicted octanol–water partition coefficient (Wildman–Crippen LogP) is 4.46. The maximum Gasteiger partial charge on any atom is 0.423 e. The van der Waals surface area contributed by atoms with E-state index in [1.165, 1.54) is 0 Å². The van der Waals surface area contributed by atoms with E-state index < -0.39 is 50.9 Å². The zero-order valence-electron chi connectivity index (χ0n) is 12.1. The summed E-state index contributed by atoms with van der Waals surface area (Å²) in [6, 6.07) is 3.55. The first-order chi connectivity index (χ1) is 11.3. The summed E-state index contributed by atoms with van der Waals surface area (Å²) < 4.78 is 79.7. The topological polar surface area (TPSA) is 95.2 Å². The van der Waals surface area contributed by atoms with Gasteiger partial charge in [0.1, 0.15) is 11.3 Å². The van der Waals surface area contributed by atoms with Gasteiger partial charge in [-0.15, -0.1) is 0 Å². The number of rotatable bonds is 2. The van der Waals surface area contributed by atoms with Crippen LogP contribution in [-0.2, 0) is 12.4 Å². The van der Waals surface area contributed by atoms with Gasteiger partial charge in [0.15, 0.2) is 0 Å². The minimum atomic E-state index is -5.31. The van der Waals surface area contributed by atoms with E-state index in [0.717, 1.165) is 18.2 Å². The van der Waals surface area contributed by atoms with Crippen molar-refractivity contribution in [1.29, 1.82) is 0 Å². The van der Waals surface area contributed by atoms with Crippen LogP contribution in [0.4, 0.5) is 43.4 Å². The van der Waals surface area contributed by atoms with E-state index in [1.54, 1.807) is 0 Å². The van der Waals surface area contributed by atoms with Crippen LogP contribution in [0.25, 0.3) is 11.1 Å². The van der Waals surface area contributed by atoms with Crippen molar-refractivity contribution in [2.24, 2.45) is 0 Å². The number of anilines is 2. The van der Waals surface area contributed by atoms with Crippen molar-refractivity contribution in [3.63, 3.8) is 0 Å². The summed E-state index contributed by atoms with van der Waals surface area (Å²) in [5, 5.41) is 11.0. The molecule has 0 aliphatic rings. The van der Waals surface area contributed by atoms with Crippen LogP contribution in [0, 0.1) is 10.1 Å². The first-order valence-corrected chi connectivity index (χ1v) is 6.45. The van der Waals surface area contributed by atoms with Crippen molar-refractivity contribution in [2.75, 3.05) is 11.5 Å². The largest absolute Gasteiger partial charge is 0.423 e. The lowest BCUT2D eigenvalue weighted by atomic mass is 9.92. The molecule has 0 unspecified atom stereocenters. The molecule has 0 saturated heterocycles. The van der Waals surface area contributed by atoms with Crippen LogP contribution in [0.3, 0.4) is 0 Å². The molecule has 0 heterocycles. The molecule has 0 aliphatic carbocycles. The van der Waals surface area contributed by atoms with E-state index >= 15 is 0 Å². The average Bonchev–Trinajstić information content (AvgIpc) is 2.44. The molecule has 0 aliphatic heterocycles. The number of alkyl halides is 6. The molecule has 0 spiro atoms. The van der Waals surface area contributed by atoms with Crippen LogP contribution in [0.1, 0.15) is 11.1 Å². The van der Waals surface area contributed by atoms with Crippen LogP contribution < -0.4 is 11.5 Å². The number of nitro benzene ring substituents is 1. The second kappa shape index (κ2) is 5.83. The lowest BCUT2D eigenvalue weighted by Crippen LogP contribution is -2.15. The molecule has 4 N–H and O–H groups in total. The molecule has 5 nitrogen and oxygen atoms in total. The monoisotopic (exact) mass is 365 g/mol. The Morgan fingerprint density at radius 2 is 1.44 bits per heavy atom. The number of nitrogen functional groups attached to an aromatic ring is 2. The maximum absolute atomic E-state index is 13.4. The van der Waals surface area contributed by atoms with Gasteiger partial charge in [-0.1, -0.05) is 12.1 Å². The summed E-state index contributed by atoms with van der Waals surface area (Å²) in [5.74, 6) is 0. The fourth-order valence-electron chi connectivity index (χ4n) is 2.35. The second-order valence-corrected chi connectivity index (χ2v) is 4.98. The van der Waals surface area contributed by atoms with E-state index in [2.05, 4.69) is 0 Å². The van der Waals surface area contributed by atoms with Crippen molar-refractivity contribution in [3.05, 3.63) is 51.6 Å². The highest BCUT2D eigenvalue weighted by Crippen LogP contribution is 2.48. The SMILES string of the molecule is Nc1ccc(-c2ccc(N)c([N+](=O)[O-])c2C(F)(F)F)c(C(F)(F)F)c1. The summed E-state index contributed by atoms with van der Waals surface area (Å²) in [5.41, 5.74) is 2.66. The third-order valence-corrected chi connectivity index (χ3v) is 3.31. The number of hydrogen-bond donors (Lipinski definition) is 2. The number of nitrogens with zero attached hydrogens (tertiary/aromatic N) is 1.